The number of likely N-dealkylation sites (tertiary alicyclic amines) is 1. The maximum atomic E-state index is 13.2. The number of piperidine rings is 1. The van der Waals surface area contributed by atoms with Crippen LogP contribution in [0.3, 0.4) is 0 Å². The van der Waals surface area contributed by atoms with E-state index in [1.54, 1.807) is 18.2 Å². The van der Waals surface area contributed by atoms with Crippen molar-refractivity contribution in [3.63, 3.8) is 0 Å². The van der Waals surface area contributed by atoms with Gasteiger partial charge in [-0.15, -0.1) is 5.10 Å². The average molecular weight is 595 g/mol. The predicted octanol–water partition coefficient (Wildman–Crippen LogP) is 4.85. The average Bonchev–Trinajstić information content (AvgIpc) is 3.36. The van der Waals surface area contributed by atoms with Gasteiger partial charge in [-0.3, -0.25) is 9.78 Å². The molecule has 1 aliphatic heterocycles. The topological polar surface area (TPSA) is 134 Å². The Balaban J connectivity index is 1.25. The zero-order valence-corrected chi connectivity index (χ0v) is 25.7. The minimum Gasteiger partial charge on any atom is -0.493 e. The molecule has 2 fully saturated rings. The number of alkyl carbamates (subject to hydrolysis) is 1. The molecule has 1 amide bonds. The van der Waals surface area contributed by atoms with E-state index < -0.39 is 11.7 Å². The predicted molar refractivity (Wildman–Crippen MR) is 166 cm³/mol. The molecule has 234 valence electrons. The Bertz CT molecular complexity index is 1500. The lowest BCUT2D eigenvalue weighted by atomic mass is 9.86. The summed E-state index contributed by atoms with van der Waals surface area (Å²) in [5.74, 6) is 2.27. The molecule has 43 heavy (non-hydrogen) atoms. The molecule has 1 atom stereocenters. The van der Waals surface area contributed by atoms with E-state index in [0.717, 1.165) is 38.4 Å². The van der Waals surface area contributed by atoms with E-state index in [-0.39, 0.29) is 17.2 Å². The smallest absolute Gasteiger partial charge is 0.407 e. The lowest BCUT2D eigenvalue weighted by Crippen LogP contribution is -2.36. The number of rotatable bonds is 10. The number of H-pyrrole nitrogens is 2. The summed E-state index contributed by atoms with van der Waals surface area (Å²) < 4.78 is 12.6. The van der Waals surface area contributed by atoms with Crippen LogP contribution in [0.15, 0.2) is 33.9 Å². The number of aromatic nitrogens is 4. The first-order valence-electron chi connectivity index (χ1n) is 15.8. The number of benzene rings is 1. The van der Waals surface area contributed by atoms with Gasteiger partial charge in [0.1, 0.15) is 17.2 Å². The van der Waals surface area contributed by atoms with E-state index in [2.05, 4.69) is 20.2 Å². The third kappa shape index (κ3) is 8.28. The fraction of sp³-hybridized carbons (Fsp3) is 0.625. The summed E-state index contributed by atoms with van der Waals surface area (Å²) in [5, 5.41) is 8.12. The first-order chi connectivity index (χ1) is 20.7. The number of hydrogen-bond acceptors (Lipinski definition) is 7. The fourth-order valence-electron chi connectivity index (χ4n) is 6.28. The molecule has 11 heteroatoms. The maximum absolute atomic E-state index is 13.2. The first kappa shape index (κ1) is 30.8. The highest BCUT2D eigenvalue weighted by Gasteiger charge is 2.26. The van der Waals surface area contributed by atoms with Crippen molar-refractivity contribution < 1.29 is 14.3 Å². The number of carbonyl (C=O) groups excluding carboxylic acids is 1. The summed E-state index contributed by atoms with van der Waals surface area (Å²) in [7, 11) is 0. The number of amides is 1. The van der Waals surface area contributed by atoms with Crippen LogP contribution in [0.25, 0.3) is 16.6 Å². The van der Waals surface area contributed by atoms with Crippen LogP contribution in [0.5, 0.6) is 5.75 Å². The van der Waals surface area contributed by atoms with Gasteiger partial charge in [-0.25, -0.2) is 9.59 Å². The van der Waals surface area contributed by atoms with Crippen LogP contribution in [-0.2, 0) is 4.74 Å². The Kier molecular flexibility index (Phi) is 9.90. The first-order valence-corrected chi connectivity index (χ1v) is 15.8. The Labute approximate surface area is 252 Å². The molecule has 0 spiro atoms. The molecule has 0 radical (unpaired) electrons. The van der Waals surface area contributed by atoms with Crippen molar-refractivity contribution in [3.05, 3.63) is 50.9 Å². The summed E-state index contributed by atoms with van der Waals surface area (Å²) in [6, 6.07) is 6.66. The van der Waals surface area contributed by atoms with Gasteiger partial charge in [0.15, 0.2) is 0 Å². The van der Waals surface area contributed by atoms with Crippen LogP contribution in [0.2, 0.25) is 0 Å². The van der Waals surface area contributed by atoms with Gasteiger partial charge >= 0.3 is 11.8 Å². The second-order valence-corrected chi connectivity index (χ2v) is 13.0. The highest BCUT2D eigenvalue weighted by molar-refractivity contribution is 5.91. The summed E-state index contributed by atoms with van der Waals surface area (Å²) in [5.41, 5.74) is -0.196. The van der Waals surface area contributed by atoms with Crippen LogP contribution in [0.1, 0.15) is 90.3 Å². The summed E-state index contributed by atoms with van der Waals surface area (Å²) >= 11 is 0. The van der Waals surface area contributed by atoms with Crippen LogP contribution in [0.4, 0.5) is 4.79 Å². The van der Waals surface area contributed by atoms with E-state index in [1.165, 1.54) is 49.3 Å². The van der Waals surface area contributed by atoms with Crippen molar-refractivity contribution in [2.45, 2.75) is 90.1 Å². The number of ether oxygens (including phenoxy) is 2. The van der Waals surface area contributed by atoms with Crippen molar-refractivity contribution in [1.29, 1.82) is 0 Å². The number of nitrogens with zero attached hydrogens (tertiary/aromatic N) is 3. The molecule has 1 saturated carbocycles. The lowest BCUT2D eigenvalue weighted by Gasteiger charge is -2.33. The molecule has 0 bridgehead atoms. The molecular formula is C32H46N6O5. The molecule has 2 aromatic heterocycles. The third-order valence-corrected chi connectivity index (χ3v) is 8.41. The number of hydrogen-bond donors (Lipinski definition) is 3. The number of aromatic amines is 2. The van der Waals surface area contributed by atoms with E-state index in [4.69, 9.17) is 14.6 Å². The van der Waals surface area contributed by atoms with Crippen LogP contribution in [0, 0.1) is 5.92 Å². The fourth-order valence-corrected chi connectivity index (χ4v) is 6.28. The van der Waals surface area contributed by atoms with Gasteiger partial charge in [0, 0.05) is 30.5 Å². The molecule has 3 N–H and O–H groups in total. The molecule has 3 heterocycles. The molecule has 11 nitrogen and oxygen atoms in total. The van der Waals surface area contributed by atoms with Gasteiger partial charge in [0.05, 0.1) is 17.8 Å². The Morgan fingerprint density at radius 3 is 2.65 bits per heavy atom. The number of nitrogens with one attached hydrogen (secondary N) is 3. The van der Waals surface area contributed by atoms with Gasteiger partial charge in [-0.05, 0) is 83.7 Å². The Morgan fingerprint density at radius 1 is 1.05 bits per heavy atom. The molecule has 1 aliphatic carbocycles. The summed E-state index contributed by atoms with van der Waals surface area (Å²) in [6.45, 7) is 9.28. The van der Waals surface area contributed by atoms with Crippen LogP contribution in [-0.4, -0.2) is 69.1 Å². The lowest BCUT2D eigenvalue weighted by molar-refractivity contribution is 0.0525. The van der Waals surface area contributed by atoms with Crippen molar-refractivity contribution >= 4 is 17.0 Å². The maximum Gasteiger partial charge on any atom is 0.407 e. The minimum absolute atomic E-state index is 0.163. The molecule has 2 aliphatic rings. The highest BCUT2D eigenvalue weighted by Crippen LogP contribution is 2.30. The van der Waals surface area contributed by atoms with Crippen LogP contribution >= 0.6 is 0 Å². The monoisotopic (exact) mass is 594 g/mol. The van der Waals surface area contributed by atoms with Crippen molar-refractivity contribution in [2.24, 2.45) is 5.92 Å². The number of pyridine rings is 1. The summed E-state index contributed by atoms with van der Waals surface area (Å²) in [4.78, 5) is 45.8. The van der Waals surface area contributed by atoms with E-state index >= 15 is 0 Å². The SMILES string of the molecule is CC(C)(C)OC(=O)NCCCOc1ccc(-n2nc([C@H]3CCCN(CCC4CCCCC4)C3)[nH]c2=O)c2[nH]c(=O)ccc12. The second-order valence-electron chi connectivity index (χ2n) is 13.0. The number of carbonyl (C=O) groups is 1. The second kappa shape index (κ2) is 13.8. The van der Waals surface area contributed by atoms with E-state index in [0.29, 0.717) is 47.7 Å². The molecule has 1 aromatic carbocycles. The number of fused-ring (bicyclic) bond motifs is 1. The molecule has 5 rings (SSSR count). The van der Waals surface area contributed by atoms with Crippen molar-refractivity contribution in [3.8, 4) is 11.4 Å². The van der Waals surface area contributed by atoms with Gasteiger partial charge in [0.2, 0.25) is 5.56 Å². The van der Waals surface area contributed by atoms with Crippen LogP contribution < -0.4 is 21.3 Å². The zero-order chi connectivity index (χ0) is 30.4. The molecular weight excluding hydrogens is 548 g/mol. The van der Waals surface area contributed by atoms with Gasteiger partial charge in [0.25, 0.3) is 0 Å². The third-order valence-electron chi connectivity index (χ3n) is 8.41. The van der Waals surface area contributed by atoms with Crippen molar-refractivity contribution in [2.75, 3.05) is 32.8 Å². The standard InChI is InChI=1S/C32H46N6O5/c1-32(2,3)43-31(41)33-17-8-20-42-26-14-13-25(28-24(26)12-15-27(39)34-28)38-30(40)35-29(36-38)23-11-7-18-37(21-23)19-16-22-9-5-4-6-10-22/h12-15,22-23H,4-11,16-21H2,1-3H3,(H,33,41)(H,34,39)(H,35,36,40)/t23-/m0/s1. The quantitative estimate of drug-likeness (QED) is 0.286. The minimum atomic E-state index is -0.555. The Morgan fingerprint density at radius 2 is 1.86 bits per heavy atom. The molecule has 3 aromatic rings. The van der Waals surface area contributed by atoms with Crippen molar-refractivity contribution in [1.82, 2.24) is 30.0 Å². The normalized spacial score (nSPS) is 18.5. The molecule has 1 saturated heterocycles. The largest absolute Gasteiger partial charge is 0.493 e. The van der Waals surface area contributed by atoms with E-state index in [9.17, 15) is 14.4 Å². The summed E-state index contributed by atoms with van der Waals surface area (Å²) in [6.07, 6.45) is 10.3. The van der Waals surface area contributed by atoms with Gasteiger partial charge in [-0.1, -0.05) is 32.1 Å². The highest BCUT2D eigenvalue weighted by atomic mass is 16.6. The Hall–Kier alpha value is -3.60. The van der Waals surface area contributed by atoms with E-state index in [1.807, 2.05) is 20.8 Å². The van der Waals surface area contributed by atoms with Gasteiger partial charge in [-0.2, -0.15) is 4.68 Å². The van der Waals surface area contributed by atoms with Gasteiger partial charge < -0.3 is 24.7 Å². The zero-order valence-electron chi connectivity index (χ0n) is 25.7. The molecule has 0 unspecified atom stereocenters.